The Morgan fingerprint density at radius 2 is 2.00 bits per heavy atom. The van der Waals surface area contributed by atoms with E-state index in [9.17, 15) is 14.4 Å². The highest BCUT2D eigenvalue weighted by atomic mass is 35.5. The number of benzene rings is 2. The Morgan fingerprint density at radius 3 is 2.76 bits per heavy atom. The number of carbonyl (C=O) groups excluding carboxylic acids is 2. The Morgan fingerprint density at radius 1 is 1.21 bits per heavy atom. The number of imide groups is 1. The van der Waals surface area contributed by atoms with Crippen molar-refractivity contribution >= 4 is 46.2 Å². The van der Waals surface area contributed by atoms with E-state index in [4.69, 9.17) is 11.6 Å². The van der Waals surface area contributed by atoms with E-state index in [2.05, 4.69) is 22.2 Å². The second kappa shape index (κ2) is 9.40. The maximum atomic E-state index is 13.1. The lowest BCUT2D eigenvalue weighted by Crippen LogP contribution is -2.40. The second-order valence-corrected chi connectivity index (χ2v) is 7.25. The Kier molecular flexibility index (Phi) is 6.69. The van der Waals surface area contributed by atoms with Gasteiger partial charge in [0.1, 0.15) is 0 Å². The highest BCUT2D eigenvalue weighted by Gasteiger charge is 2.15. The molecule has 1 aromatic heterocycles. The number of amides is 3. The standard InChI is InChI=1S/C20H17ClN4O3S/c1-2-10-22-19(28)24-17(26)12-29-20-23-16-9-4-3-8-15(16)18(27)25(20)14-7-5-6-13(21)11-14/h2-9,11H,1,10,12H2,(H2,22,24,26,28). The molecule has 29 heavy (non-hydrogen) atoms. The molecule has 7 nitrogen and oxygen atoms in total. The van der Waals surface area contributed by atoms with E-state index in [1.165, 1.54) is 10.6 Å². The first kappa shape index (κ1) is 20.6. The van der Waals surface area contributed by atoms with Gasteiger partial charge < -0.3 is 5.32 Å². The molecule has 0 atom stereocenters. The molecular formula is C20H17ClN4O3S. The molecule has 0 fully saturated rings. The number of nitrogens with zero attached hydrogens (tertiary/aromatic N) is 2. The van der Waals surface area contributed by atoms with Gasteiger partial charge in [0.05, 0.1) is 22.3 Å². The maximum Gasteiger partial charge on any atom is 0.321 e. The molecule has 0 spiro atoms. The van der Waals surface area contributed by atoms with Crippen molar-refractivity contribution in [3.63, 3.8) is 0 Å². The van der Waals surface area contributed by atoms with Crippen molar-refractivity contribution in [1.29, 1.82) is 0 Å². The average Bonchev–Trinajstić information content (AvgIpc) is 2.71. The molecule has 0 saturated heterocycles. The smallest absolute Gasteiger partial charge is 0.321 e. The zero-order valence-electron chi connectivity index (χ0n) is 15.2. The fourth-order valence-electron chi connectivity index (χ4n) is 2.55. The van der Waals surface area contributed by atoms with Gasteiger partial charge >= 0.3 is 6.03 Å². The first-order chi connectivity index (χ1) is 14.0. The first-order valence-electron chi connectivity index (χ1n) is 8.58. The van der Waals surface area contributed by atoms with Gasteiger partial charge in [-0.2, -0.15) is 0 Å². The van der Waals surface area contributed by atoms with E-state index in [1.54, 1.807) is 48.5 Å². The van der Waals surface area contributed by atoms with Gasteiger partial charge in [0.2, 0.25) is 5.91 Å². The van der Waals surface area contributed by atoms with E-state index in [0.29, 0.717) is 26.8 Å². The van der Waals surface area contributed by atoms with Crippen LogP contribution >= 0.6 is 23.4 Å². The van der Waals surface area contributed by atoms with Crippen LogP contribution in [-0.2, 0) is 4.79 Å². The lowest BCUT2D eigenvalue weighted by atomic mass is 10.2. The van der Waals surface area contributed by atoms with E-state index >= 15 is 0 Å². The summed E-state index contributed by atoms with van der Waals surface area (Å²) in [6.45, 7) is 3.73. The number of halogens is 1. The predicted molar refractivity (Wildman–Crippen MR) is 115 cm³/mol. The van der Waals surface area contributed by atoms with Crippen LogP contribution in [0.25, 0.3) is 16.6 Å². The molecule has 0 aliphatic rings. The minimum absolute atomic E-state index is 0.104. The number of carbonyl (C=O) groups is 2. The van der Waals surface area contributed by atoms with Crippen LogP contribution in [0.1, 0.15) is 0 Å². The zero-order valence-corrected chi connectivity index (χ0v) is 16.8. The molecule has 0 bridgehead atoms. The second-order valence-electron chi connectivity index (χ2n) is 5.87. The summed E-state index contributed by atoms with van der Waals surface area (Å²) in [5, 5.41) is 5.90. The van der Waals surface area contributed by atoms with Gasteiger partial charge in [0, 0.05) is 11.6 Å². The summed E-state index contributed by atoms with van der Waals surface area (Å²) < 4.78 is 1.41. The lowest BCUT2D eigenvalue weighted by molar-refractivity contribution is -0.117. The van der Waals surface area contributed by atoms with Crippen LogP contribution in [0.15, 0.2) is 71.1 Å². The summed E-state index contributed by atoms with van der Waals surface area (Å²) in [7, 11) is 0. The maximum absolute atomic E-state index is 13.1. The summed E-state index contributed by atoms with van der Waals surface area (Å²) in [5.74, 6) is -0.621. The molecule has 2 N–H and O–H groups in total. The van der Waals surface area contributed by atoms with Crippen LogP contribution in [0.4, 0.5) is 4.79 Å². The zero-order chi connectivity index (χ0) is 20.8. The number of urea groups is 1. The number of rotatable bonds is 6. The largest absolute Gasteiger partial charge is 0.334 e. The molecule has 0 saturated carbocycles. The summed E-state index contributed by atoms with van der Waals surface area (Å²) in [6, 6.07) is 13.1. The van der Waals surface area contributed by atoms with Crippen molar-refractivity contribution in [3.8, 4) is 5.69 Å². The van der Waals surface area contributed by atoms with Crippen LogP contribution in [0, 0.1) is 0 Å². The number of fused-ring (bicyclic) bond motifs is 1. The Hall–Kier alpha value is -3.10. The quantitative estimate of drug-likeness (QED) is 0.357. The van der Waals surface area contributed by atoms with E-state index in [1.807, 2.05) is 0 Å². The molecule has 148 valence electrons. The van der Waals surface area contributed by atoms with Crippen molar-refractivity contribution in [3.05, 3.63) is 76.6 Å². The van der Waals surface area contributed by atoms with E-state index in [0.717, 1.165) is 11.8 Å². The number of hydrogen-bond donors (Lipinski definition) is 2. The van der Waals surface area contributed by atoms with Crippen LogP contribution in [0.2, 0.25) is 5.02 Å². The number of nitrogens with one attached hydrogen (secondary N) is 2. The molecular weight excluding hydrogens is 412 g/mol. The van der Waals surface area contributed by atoms with Crippen LogP contribution < -0.4 is 16.2 Å². The molecule has 0 aliphatic carbocycles. The fourth-order valence-corrected chi connectivity index (χ4v) is 3.55. The summed E-state index contributed by atoms with van der Waals surface area (Å²) in [6.07, 6.45) is 1.50. The highest BCUT2D eigenvalue weighted by Crippen LogP contribution is 2.22. The number of aromatic nitrogens is 2. The Labute approximate surface area is 175 Å². The summed E-state index contributed by atoms with van der Waals surface area (Å²) in [4.78, 5) is 41.3. The molecule has 0 aliphatic heterocycles. The van der Waals surface area contributed by atoms with Crippen molar-refractivity contribution in [2.45, 2.75) is 5.16 Å². The van der Waals surface area contributed by atoms with Crippen molar-refractivity contribution in [1.82, 2.24) is 20.2 Å². The molecule has 9 heteroatoms. The highest BCUT2D eigenvalue weighted by molar-refractivity contribution is 7.99. The van der Waals surface area contributed by atoms with Crippen LogP contribution in [-0.4, -0.2) is 33.8 Å². The van der Waals surface area contributed by atoms with Gasteiger partial charge in [0.15, 0.2) is 5.16 Å². The molecule has 3 amide bonds. The number of thioether (sulfide) groups is 1. The van der Waals surface area contributed by atoms with Crippen molar-refractivity contribution in [2.75, 3.05) is 12.3 Å². The molecule has 2 aromatic carbocycles. The van der Waals surface area contributed by atoms with Gasteiger partial charge in [-0.05, 0) is 30.3 Å². The molecule has 1 heterocycles. The van der Waals surface area contributed by atoms with E-state index in [-0.39, 0.29) is 17.9 Å². The summed E-state index contributed by atoms with van der Waals surface area (Å²) >= 11 is 7.13. The Bertz CT molecular complexity index is 1150. The average molecular weight is 429 g/mol. The number of para-hydroxylation sites is 1. The van der Waals surface area contributed by atoms with Gasteiger partial charge in [0.25, 0.3) is 5.56 Å². The van der Waals surface area contributed by atoms with Gasteiger partial charge in [-0.3, -0.25) is 19.5 Å². The van der Waals surface area contributed by atoms with Crippen LogP contribution in [0.3, 0.4) is 0 Å². The lowest BCUT2D eigenvalue weighted by Gasteiger charge is -2.13. The predicted octanol–water partition coefficient (Wildman–Crippen LogP) is 3.14. The monoisotopic (exact) mass is 428 g/mol. The van der Waals surface area contributed by atoms with Crippen molar-refractivity contribution < 1.29 is 9.59 Å². The van der Waals surface area contributed by atoms with E-state index < -0.39 is 11.9 Å². The normalized spacial score (nSPS) is 10.5. The van der Waals surface area contributed by atoms with Crippen molar-refractivity contribution in [2.24, 2.45) is 0 Å². The number of hydrogen-bond acceptors (Lipinski definition) is 5. The fraction of sp³-hybridized carbons (Fsp3) is 0.100. The molecule has 0 unspecified atom stereocenters. The third-order valence-corrected chi connectivity index (χ3v) is 4.98. The topological polar surface area (TPSA) is 93.1 Å². The first-order valence-corrected chi connectivity index (χ1v) is 9.95. The van der Waals surface area contributed by atoms with Gasteiger partial charge in [-0.25, -0.2) is 9.78 Å². The SMILES string of the molecule is C=CCNC(=O)NC(=O)CSc1nc2ccccc2c(=O)n1-c1cccc(Cl)c1. The molecule has 3 rings (SSSR count). The third kappa shape index (κ3) is 5.04. The summed E-state index contributed by atoms with van der Waals surface area (Å²) in [5.41, 5.74) is 0.777. The van der Waals surface area contributed by atoms with Crippen LogP contribution in [0.5, 0.6) is 0 Å². The molecule has 3 aromatic rings. The third-order valence-electron chi connectivity index (χ3n) is 3.80. The van der Waals surface area contributed by atoms with Gasteiger partial charge in [-0.15, -0.1) is 6.58 Å². The minimum atomic E-state index is -0.616. The Balaban J connectivity index is 1.93. The molecule has 0 radical (unpaired) electrons. The van der Waals surface area contributed by atoms with Gasteiger partial charge in [-0.1, -0.05) is 47.6 Å². The minimum Gasteiger partial charge on any atom is -0.334 e.